The van der Waals surface area contributed by atoms with E-state index in [1.807, 2.05) is 0 Å². The third-order valence-corrected chi connectivity index (χ3v) is 3.16. The normalized spacial score (nSPS) is 19.4. The Morgan fingerprint density at radius 1 is 1.56 bits per heavy atom. The van der Waals surface area contributed by atoms with Gasteiger partial charge in [0.25, 0.3) is 0 Å². The second kappa shape index (κ2) is 8.32. The van der Waals surface area contributed by atoms with Crippen molar-refractivity contribution >= 4 is 24.2 Å². The molecule has 106 valence electrons. The highest BCUT2D eigenvalue weighted by molar-refractivity contribution is 5.88. The third kappa shape index (κ3) is 4.82. The summed E-state index contributed by atoms with van der Waals surface area (Å²) in [7, 11) is 3.58. The van der Waals surface area contributed by atoms with Crippen molar-refractivity contribution in [2.24, 2.45) is 0 Å². The van der Waals surface area contributed by atoms with Crippen molar-refractivity contribution in [3.05, 3.63) is 0 Å². The van der Waals surface area contributed by atoms with E-state index >= 15 is 0 Å². The number of piperazine rings is 1. The standard InChI is InChI=1S/C12H23N3O2.ClH/c1-4-5-7-14(2)11(16)9-10-12(17)15(3)8-6-13-10;/h10,13H,4-9H2,1-3H3;1H. The molecule has 0 aliphatic carbocycles. The van der Waals surface area contributed by atoms with Gasteiger partial charge in [0.05, 0.1) is 12.5 Å². The smallest absolute Gasteiger partial charge is 0.240 e. The van der Waals surface area contributed by atoms with Crippen LogP contribution in [-0.4, -0.2) is 61.4 Å². The van der Waals surface area contributed by atoms with E-state index in [4.69, 9.17) is 0 Å². The summed E-state index contributed by atoms with van der Waals surface area (Å²) in [6.45, 7) is 4.35. The fraction of sp³-hybridized carbons (Fsp3) is 0.833. The number of unbranched alkanes of at least 4 members (excludes halogenated alkanes) is 1. The predicted octanol–water partition coefficient (Wildman–Crippen LogP) is 0.487. The molecule has 5 nitrogen and oxygen atoms in total. The number of hydrogen-bond acceptors (Lipinski definition) is 3. The van der Waals surface area contributed by atoms with Crippen LogP contribution < -0.4 is 5.32 Å². The van der Waals surface area contributed by atoms with Crippen molar-refractivity contribution in [3.63, 3.8) is 0 Å². The van der Waals surface area contributed by atoms with Crippen LogP contribution in [0.1, 0.15) is 26.2 Å². The van der Waals surface area contributed by atoms with Crippen molar-refractivity contribution in [1.82, 2.24) is 15.1 Å². The first kappa shape index (κ1) is 17.2. The Hall–Kier alpha value is -0.810. The van der Waals surface area contributed by atoms with Gasteiger partial charge in [0.1, 0.15) is 0 Å². The average Bonchev–Trinajstić information content (AvgIpc) is 2.31. The van der Waals surface area contributed by atoms with Crippen LogP contribution in [0.25, 0.3) is 0 Å². The number of halogens is 1. The minimum Gasteiger partial charge on any atom is -0.346 e. The molecule has 1 saturated heterocycles. The molecule has 0 spiro atoms. The predicted molar refractivity (Wildman–Crippen MR) is 73.8 cm³/mol. The number of amides is 2. The highest BCUT2D eigenvalue weighted by atomic mass is 35.5. The van der Waals surface area contributed by atoms with Crippen LogP contribution in [0.15, 0.2) is 0 Å². The van der Waals surface area contributed by atoms with Gasteiger partial charge in [-0.2, -0.15) is 0 Å². The van der Waals surface area contributed by atoms with E-state index in [1.54, 1.807) is 23.9 Å². The Morgan fingerprint density at radius 3 is 2.83 bits per heavy atom. The molecule has 0 radical (unpaired) electrons. The molecule has 1 N–H and O–H groups in total. The summed E-state index contributed by atoms with van der Waals surface area (Å²) in [5, 5.41) is 3.10. The van der Waals surface area contributed by atoms with Gasteiger partial charge in [-0.25, -0.2) is 0 Å². The lowest BCUT2D eigenvalue weighted by Crippen LogP contribution is -2.54. The maximum absolute atomic E-state index is 11.9. The molecule has 1 aliphatic heterocycles. The van der Waals surface area contributed by atoms with Crippen LogP contribution in [0.2, 0.25) is 0 Å². The fourth-order valence-electron chi connectivity index (χ4n) is 1.88. The molecular formula is C12H24ClN3O2. The minimum absolute atomic E-state index is 0. The van der Waals surface area contributed by atoms with E-state index < -0.39 is 0 Å². The molecule has 1 atom stereocenters. The maximum Gasteiger partial charge on any atom is 0.240 e. The Labute approximate surface area is 115 Å². The quantitative estimate of drug-likeness (QED) is 0.796. The summed E-state index contributed by atoms with van der Waals surface area (Å²) in [4.78, 5) is 27.1. The highest BCUT2D eigenvalue weighted by Gasteiger charge is 2.28. The Kier molecular flexibility index (Phi) is 7.95. The van der Waals surface area contributed by atoms with E-state index in [2.05, 4.69) is 12.2 Å². The lowest BCUT2D eigenvalue weighted by Gasteiger charge is -2.30. The second-order valence-corrected chi connectivity index (χ2v) is 4.64. The molecule has 2 amide bonds. The molecule has 1 rings (SSSR count). The zero-order valence-electron chi connectivity index (χ0n) is 11.4. The first-order valence-corrected chi connectivity index (χ1v) is 6.28. The number of hydrogen-bond donors (Lipinski definition) is 1. The number of nitrogens with zero attached hydrogens (tertiary/aromatic N) is 2. The van der Waals surface area contributed by atoms with Crippen LogP contribution in [0.4, 0.5) is 0 Å². The molecule has 0 aromatic carbocycles. The number of carbonyl (C=O) groups is 2. The van der Waals surface area contributed by atoms with E-state index in [-0.39, 0.29) is 36.7 Å². The molecule has 1 fully saturated rings. The van der Waals surface area contributed by atoms with Crippen LogP contribution in [-0.2, 0) is 9.59 Å². The van der Waals surface area contributed by atoms with E-state index in [0.29, 0.717) is 0 Å². The molecule has 0 bridgehead atoms. The largest absolute Gasteiger partial charge is 0.346 e. The van der Waals surface area contributed by atoms with Gasteiger partial charge in [-0.15, -0.1) is 12.4 Å². The van der Waals surface area contributed by atoms with E-state index in [0.717, 1.165) is 32.5 Å². The van der Waals surface area contributed by atoms with Crippen LogP contribution in [0.3, 0.4) is 0 Å². The zero-order chi connectivity index (χ0) is 12.8. The summed E-state index contributed by atoms with van der Waals surface area (Å²) in [6.07, 6.45) is 2.35. The lowest BCUT2D eigenvalue weighted by atomic mass is 10.1. The number of likely N-dealkylation sites (N-methyl/N-ethyl adjacent to an activating group) is 1. The van der Waals surface area contributed by atoms with Gasteiger partial charge >= 0.3 is 0 Å². The van der Waals surface area contributed by atoms with E-state index in [1.165, 1.54) is 0 Å². The molecule has 6 heteroatoms. The van der Waals surface area contributed by atoms with Crippen LogP contribution >= 0.6 is 12.4 Å². The van der Waals surface area contributed by atoms with Crippen molar-refractivity contribution in [2.75, 3.05) is 33.7 Å². The van der Waals surface area contributed by atoms with Gasteiger partial charge in [-0.05, 0) is 6.42 Å². The summed E-state index contributed by atoms with van der Waals surface area (Å²) in [5.74, 6) is 0.0630. The lowest BCUT2D eigenvalue weighted by molar-refractivity contribution is -0.139. The Balaban J connectivity index is 0.00000289. The fourth-order valence-corrected chi connectivity index (χ4v) is 1.88. The first-order chi connectivity index (χ1) is 8.06. The van der Waals surface area contributed by atoms with Gasteiger partial charge in [-0.3, -0.25) is 9.59 Å². The number of carbonyl (C=O) groups excluding carboxylic acids is 2. The zero-order valence-corrected chi connectivity index (χ0v) is 12.3. The van der Waals surface area contributed by atoms with Crippen molar-refractivity contribution in [3.8, 4) is 0 Å². The SMILES string of the molecule is CCCCN(C)C(=O)CC1NCCN(C)C1=O.Cl. The molecule has 0 aromatic rings. The van der Waals surface area contributed by atoms with Crippen LogP contribution in [0, 0.1) is 0 Å². The summed E-state index contributed by atoms with van der Waals surface area (Å²) < 4.78 is 0. The Bertz CT molecular complexity index is 286. The number of rotatable bonds is 5. The molecule has 1 aliphatic rings. The molecule has 1 heterocycles. The summed E-state index contributed by atoms with van der Waals surface area (Å²) in [6, 6.07) is -0.342. The topological polar surface area (TPSA) is 52.7 Å². The first-order valence-electron chi connectivity index (χ1n) is 6.28. The van der Waals surface area contributed by atoms with E-state index in [9.17, 15) is 9.59 Å². The second-order valence-electron chi connectivity index (χ2n) is 4.64. The molecule has 1 unspecified atom stereocenters. The number of nitrogens with one attached hydrogen (secondary N) is 1. The van der Waals surface area contributed by atoms with Gasteiger partial charge in [-0.1, -0.05) is 13.3 Å². The van der Waals surface area contributed by atoms with Crippen molar-refractivity contribution in [1.29, 1.82) is 0 Å². The van der Waals surface area contributed by atoms with Crippen molar-refractivity contribution < 1.29 is 9.59 Å². The summed E-state index contributed by atoms with van der Waals surface area (Å²) >= 11 is 0. The highest BCUT2D eigenvalue weighted by Crippen LogP contribution is 2.05. The monoisotopic (exact) mass is 277 g/mol. The van der Waals surface area contributed by atoms with Crippen LogP contribution in [0.5, 0.6) is 0 Å². The maximum atomic E-state index is 11.9. The van der Waals surface area contributed by atoms with Gasteiger partial charge < -0.3 is 15.1 Å². The van der Waals surface area contributed by atoms with Gasteiger partial charge in [0, 0.05) is 33.7 Å². The minimum atomic E-state index is -0.342. The van der Waals surface area contributed by atoms with Gasteiger partial charge in [0.2, 0.25) is 11.8 Å². The Morgan fingerprint density at radius 2 is 2.22 bits per heavy atom. The molecule has 0 aromatic heterocycles. The summed E-state index contributed by atoms with van der Waals surface area (Å²) in [5.41, 5.74) is 0. The third-order valence-electron chi connectivity index (χ3n) is 3.16. The molecule has 0 saturated carbocycles. The van der Waals surface area contributed by atoms with Crippen molar-refractivity contribution in [2.45, 2.75) is 32.2 Å². The average molecular weight is 278 g/mol. The molecular weight excluding hydrogens is 254 g/mol. The van der Waals surface area contributed by atoms with Gasteiger partial charge in [0.15, 0.2) is 0 Å². The molecule has 18 heavy (non-hydrogen) atoms.